The molecule has 0 aliphatic carbocycles. The molecule has 1 heterocycles. The quantitative estimate of drug-likeness (QED) is 0.622. The van der Waals surface area contributed by atoms with Gasteiger partial charge >= 0.3 is 5.97 Å². The number of hydrogen-bond acceptors (Lipinski definition) is 4. The smallest absolute Gasteiger partial charge is 0.337 e. The van der Waals surface area contributed by atoms with Gasteiger partial charge in [-0.2, -0.15) is 0 Å². The number of aromatic carboxylic acids is 1. The third-order valence-electron chi connectivity index (χ3n) is 1.46. The van der Waals surface area contributed by atoms with Crippen LogP contribution in [0, 0.1) is 0 Å². The molecule has 5 nitrogen and oxygen atoms in total. The highest BCUT2D eigenvalue weighted by Crippen LogP contribution is 2.13. The maximum absolute atomic E-state index is 11.1. The van der Waals surface area contributed by atoms with Crippen LogP contribution < -0.4 is 5.56 Å². The number of pyridine rings is 1. The summed E-state index contributed by atoms with van der Waals surface area (Å²) in [6.07, 6.45) is 1.15. The molecule has 0 radical (unpaired) electrons. The lowest BCUT2D eigenvalue weighted by Gasteiger charge is -1.99. The first kappa shape index (κ1) is 10.8. The number of aromatic amines is 1. The molecule has 0 amide bonds. The molecule has 0 spiro atoms. The van der Waals surface area contributed by atoms with Gasteiger partial charge in [-0.05, 0) is 6.07 Å². The van der Waals surface area contributed by atoms with Crippen LogP contribution in [0.5, 0.6) is 0 Å². The molecule has 1 aromatic heterocycles. The minimum atomic E-state index is -1.09. The molecule has 14 heavy (non-hydrogen) atoms. The Balaban J connectivity index is 2.96. The molecule has 76 valence electrons. The Morgan fingerprint density at radius 1 is 1.57 bits per heavy atom. The molecule has 0 bridgehead atoms. The number of carbonyl (C=O) groups is 1. The predicted octanol–water partition coefficient (Wildman–Crippen LogP) is 0.157. The molecule has 0 aromatic carbocycles. The fourth-order valence-electron chi connectivity index (χ4n) is 0.849. The predicted molar refractivity (Wildman–Crippen MR) is 51.8 cm³/mol. The first-order valence-electron chi connectivity index (χ1n) is 3.85. The van der Waals surface area contributed by atoms with Crippen molar-refractivity contribution in [2.45, 2.75) is 4.90 Å². The molecule has 0 unspecified atom stereocenters. The zero-order chi connectivity index (χ0) is 10.6. The third-order valence-corrected chi connectivity index (χ3v) is 2.47. The van der Waals surface area contributed by atoms with Gasteiger partial charge in [-0.25, -0.2) is 4.79 Å². The van der Waals surface area contributed by atoms with Crippen molar-refractivity contribution in [2.75, 3.05) is 12.4 Å². The maximum Gasteiger partial charge on any atom is 0.337 e. The summed E-state index contributed by atoms with van der Waals surface area (Å²) in [5, 5.41) is 17.2. The standard InChI is InChI=1S/C8H9NO4S/c10-1-2-14-6-3-5(8(12)13)4-9-7(6)11/h3-4,10H,1-2H2,(H,9,11)(H,12,13). The van der Waals surface area contributed by atoms with E-state index in [4.69, 9.17) is 10.2 Å². The SMILES string of the molecule is O=C(O)c1c[nH]c(=O)c(SCCO)c1. The van der Waals surface area contributed by atoms with Crippen LogP contribution in [0.25, 0.3) is 0 Å². The van der Waals surface area contributed by atoms with Gasteiger partial charge in [0.1, 0.15) is 0 Å². The van der Waals surface area contributed by atoms with Crippen molar-refractivity contribution in [1.29, 1.82) is 0 Å². The molecule has 6 heteroatoms. The van der Waals surface area contributed by atoms with Crippen molar-refractivity contribution in [3.63, 3.8) is 0 Å². The third kappa shape index (κ3) is 2.61. The Labute approximate surface area is 83.8 Å². The fourth-order valence-corrected chi connectivity index (χ4v) is 1.56. The minimum absolute atomic E-state index is 0.0324. The second-order valence-electron chi connectivity index (χ2n) is 2.46. The molecule has 1 aromatic rings. The highest BCUT2D eigenvalue weighted by atomic mass is 32.2. The van der Waals surface area contributed by atoms with Crippen LogP contribution >= 0.6 is 11.8 Å². The first-order chi connectivity index (χ1) is 6.65. The average Bonchev–Trinajstić information content (AvgIpc) is 2.16. The molecule has 0 saturated heterocycles. The van der Waals surface area contributed by atoms with Crippen molar-refractivity contribution in [1.82, 2.24) is 4.98 Å². The van der Waals surface area contributed by atoms with Gasteiger partial charge in [-0.15, -0.1) is 11.8 Å². The number of aliphatic hydroxyl groups is 1. The van der Waals surface area contributed by atoms with E-state index in [1.807, 2.05) is 0 Å². The van der Waals surface area contributed by atoms with Gasteiger partial charge in [0.05, 0.1) is 17.1 Å². The van der Waals surface area contributed by atoms with Crippen LogP contribution in [-0.2, 0) is 0 Å². The summed E-state index contributed by atoms with van der Waals surface area (Å²) in [6, 6.07) is 1.29. The number of nitrogens with one attached hydrogen (secondary N) is 1. The number of hydrogen-bond donors (Lipinski definition) is 3. The van der Waals surface area contributed by atoms with Crippen molar-refractivity contribution < 1.29 is 15.0 Å². The largest absolute Gasteiger partial charge is 0.478 e. The van der Waals surface area contributed by atoms with Crippen LogP contribution in [0.2, 0.25) is 0 Å². The number of carboxylic acid groups (broad SMARTS) is 1. The van der Waals surface area contributed by atoms with Gasteiger partial charge < -0.3 is 15.2 Å². The van der Waals surface area contributed by atoms with Crippen molar-refractivity contribution >= 4 is 17.7 Å². The molecule has 0 fully saturated rings. The molecular weight excluding hydrogens is 206 g/mol. The van der Waals surface area contributed by atoms with E-state index in [1.165, 1.54) is 6.07 Å². The molecule has 1 rings (SSSR count). The van der Waals surface area contributed by atoms with E-state index >= 15 is 0 Å². The van der Waals surface area contributed by atoms with Gasteiger partial charge in [0.25, 0.3) is 5.56 Å². The van der Waals surface area contributed by atoms with E-state index in [-0.39, 0.29) is 17.7 Å². The normalized spacial score (nSPS) is 10.1. The van der Waals surface area contributed by atoms with E-state index in [1.54, 1.807) is 0 Å². The van der Waals surface area contributed by atoms with Gasteiger partial charge in [-0.3, -0.25) is 4.79 Å². The Hall–Kier alpha value is -1.27. The number of aliphatic hydroxyl groups excluding tert-OH is 1. The lowest BCUT2D eigenvalue weighted by molar-refractivity contribution is 0.0696. The zero-order valence-corrected chi connectivity index (χ0v) is 8.00. The Morgan fingerprint density at radius 3 is 2.86 bits per heavy atom. The topological polar surface area (TPSA) is 90.4 Å². The average molecular weight is 215 g/mol. The Morgan fingerprint density at radius 2 is 2.29 bits per heavy atom. The van der Waals surface area contributed by atoms with E-state index < -0.39 is 5.97 Å². The Kier molecular flexibility index (Phi) is 3.73. The summed E-state index contributed by atoms with van der Waals surface area (Å²) >= 11 is 1.12. The summed E-state index contributed by atoms with van der Waals surface area (Å²) in [7, 11) is 0. The van der Waals surface area contributed by atoms with Crippen molar-refractivity contribution in [3.05, 3.63) is 28.2 Å². The lowest BCUT2D eigenvalue weighted by atomic mass is 10.3. The highest BCUT2D eigenvalue weighted by molar-refractivity contribution is 7.99. The van der Waals surface area contributed by atoms with Gasteiger partial charge in [0, 0.05) is 11.9 Å². The van der Waals surface area contributed by atoms with Gasteiger partial charge in [-0.1, -0.05) is 0 Å². The van der Waals surface area contributed by atoms with Crippen LogP contribution in [-0.4, -0.2) is 33.5 Å². The summed E-state index contributed by atoms with van der Waals surface area (Å²) in [6.45, 7) is -0.0542. The minimum Gasteiger partial charge on any atom is -0.478 e. The highest BCUT2D eigenvalue weighted by Gasteiger charge is 2.06. The molecule has 0 aliphatic rings. The van der Waals surface area contributed by atoms with Crippen LogP contribution in [0.3, 0.4) is 0 Å². The summed E-state index contributed by atoms with van der Waals surface area (Å²) in [4.78, 5) is 24.3. The second kappa shape index (κ2) is 4.83. The second-order valence-corrected chi connectivity index (χ2v) is 3.60. The summed E-state index contributed by atoms with van der Waals surface area (Å²) < 4.78 is 0. The summed E-state index contributed by atoms with van der Waals surface area (Å²) in [5.74, 6) is -0.723. The van der Waals surface area contributed by atoms with E-state index in [9.17, 15) is 9.59 Å². The molecule has 3 N–H and O–H groups in total. The monoisotopic (exact) mass is 215 g/mol. The number of aromatic nitrogens is 1. The van der Waals surface area contributed by atoms with Crippen molar-refractivity contribution in [2.24, 2.45) is 0 Å². The molecule has 0 saturated carbocycles. The number of thioether (sulfide) groups is 1. The van der Waals surface area contributed by atoms with Gasteiger partial charge in [0.2, 0.25) is 0 Å². The summed E-state index contributed by atoms with van der Waals surface area (Å²) in [5.41, 5.74) is -0.307. The van der Waals surface area contributed by atoms with Gasteiger partial charge in [0.15, 0.2) is 0 Å². The fraction of sp³-hybridized carbons (Fsp3) is 0.250. The van der Waals surface area contributed by atoms with Crippen LogP contribution in [0.4, 0.5) is 0 Å². The number of H-pyrrole nitrogens is 1. The first-order valence-corrected chi connectivity index (χ1v) is 4.83. The molecular formula is C8H9NO4S. The van der Waals surface area contributed by atoms with E-state index in [2.05, 4.69) is 4.98 Å². The maximum atomic E-state index is 11.1. The van der Waals surface area contributed by atoms with Crippen molar-refractivity contribution in [3.8, 4) is 0 Å². The van der Waals surface area contributed by atoms with Crippen LogP contribution in [0.1, 0.15) is 10.4 Å². The Bertz CT molecular complexity index is 387. The molecule has 0 atom stereocenters. The number of carboxylic acids is 1. The zero-order valence-electron chi connectivity index (χ0n) is 7.19. The van der Waals surface area contributed by atoms with E-state index in [0.717, 1.165) is 18.0 Å². The van der Waals surface area contributed by atoms with Crippen LogP contribution in [0.15, 0.2) is 22.0 Å². The van der Waals surface area contributed by atoms with E-state index in [0.29, 0.717) is 10.6 Å². The lowest BCUT2D eigenvalue weighted by Crippen LogP contribution is -2.11. The molecule has 0 aliphatic heterocycles. The number of rotatable bonds is 4.